The van der Waals surface area contributed by atoms with Crippen molar-refractivity contribution in [2.75, 3.05) is 0 Å². The molecule has 0 aliphatic carbocycles. The van der Waals surface area contributed by atoms with E-state index in [1.54, 1.807) is 17.0 Å². The molecule has 25 heavy (non-hydrogen) atoms. The van der Waals surface area contributed by atoms with Gasteiger partial charge in [0.15, 0.2) is 0 Å². The summed E-state index contributed by atoms with van der Waals surface area (Å²) >= 11 is 6.32. The molecule has 2 heterocycles. The standard InChI is InChI=1S/C19H13ClN4O/c20-17(19-22-18(23-25-19)15-7-3-1-4-8-15)11-14-12-21-24(13-14)16-9-5-2-6-10-16/h1-13H/b17-11-. The molecule has 0 amide bonds. The van der Waals surface area contributed by atoms with E-state index in [2.05, 4.69) is 15.2 Å². The minimum Gasteiger partial charge on any atom is -0.333 e. The van der Waals surface area contributed by atoms with E-state index in [1.165, 1.54) is 0 Å². The highest BCUT2D eigenvalue weighted by Crippen LogP contribution is 2.24. The van der Waals surface area contributed by atoms with Crippen LogP contribution in [0.5, 0.6) is 0 Å². The Kier molecular flexibility index (Phi) is 4.14. The Balaban J connectivity index is 1.58. The van der Waals surface area contributed by atoms with Crippen molar-refractivity contribution in [3.8, 4) is 17.1 Å². The Morgan fingerprint density at radius 1 is 1.00 bits per heavy atom. The number of benzene rings is 2. The molecule has 5 nitrogen and oxygen atoms in total. The van der Waals surface area contributed by atoms with E-state index in [0.29, 0.717) is 10.9 Å². The first-order chi connectivity index (χ1) is 12.3. The van der Waals surface area contributed by atoms with Gasteiger partial charge in [-0.25, -0.2) is 4.68 Å². The molecule has 6 heteroatoms. The Morgan fingerprint density at radius 3 is 2.48 bits per heavy atom. The molecule has 0 atom stereocenters. The molecule has 0 fully saturated rings. The maximum Gasteiger partial charge on any atom is 0.269 e. The molecule has 0 N–H and O–H groups in total. The van der Waals surface area contributed by atoms with Crippen LogP contribution in [0.3, 0.4) is 0 Å². The minimum atomic E-state index is 0.271. The van der Waals surface area contributed by atoms with Gasteiger partial charge in [0, 0.05) is 17.3 Å². The smallest absolute Gasteiger partial charge is 0.269 e. The molecule has 0 saturated heterocycles. The van der Waals surface area contributed by atoms with Crippen molar-refractivity contribution in [3.05, 3.63) is 84.5 Å². The zero-order chi connectivity index (χ0) is 17.1. The van der Waals surface area contributed by atoms with Crippen LogP contribution in [0.2, 0.25) is 0 Å². The first-order valence-electron chi connectivity index (χ1n) is 7.66. The van der Waals surface area contributed by atoms with Gasteiger partial charge >= 0.3 is 0 Å². The van der Waals surface area contributed by atoms with Gasteiger partial charge in [0.05, 0.1) is 11.9 Å². The number of hydrogen-bond acceptors (Lipinski definition) is 4. The fourth-order valence-electron chi connectivity index (χ4n) is 2.37. The van der Waals surface area contributed by atoms with Gasteiger partial charge in [-0.3, -0.25) is 0 Å². The molecule has 0 aliphatic heterocycles. The SMILES string of the molecule is Cl/C(=C\c1cnn(-c2ccccc2)c1)c1nc(-c2ccccc2)no1. The van der Waals surface area contributed by atoms with Crippen molar-refractivity contribution in [2.45, 2.75) is 0 Å². The Hall–Kier alpha value is -3.18. The lowest BCUT2D eigenvalue weighted by Crippen LogP contribution is -1.92. The van der Waals surface area contributed by atoms with Crippen molar-refractivity contribution in [1.29, 1.82) is 0 Å². The van der Waals surface area contributed by atoms with Gasteiger partial charge in [-0.2, -0.15) is 10.1 Å². The van der Waals surface area contributed by atoms with Crippen molar-refractivity contribution in [1.82, 2.24) is 19.9 Å². The van der Waals surface area contributed by atoms with Crippen LogP contribution in [0.4, 0.5) is 0 Å². The van der Waals surface area contributed by atoms with Crippen molar-refractivity contribution in [3.63, 3.8) is 0 Å². The molecule has 0 aliphatic rings. The summed E-state index contributed by atoms with van der Waals surface area (Å²) in [6.45, 7) is 0. The van der Waals surface area contributed by atoms with Crippen LogP contribution >= 0.6 is 11.6 Å². The van der Waals surface area contributed by atoms with Gasteiger partial charge < -0.3 is 4.52 Å². The summed E-state index contributed by atoms with van der Waals surface area (Å²) in [6.07, 6.45) is 5.35. The third-order valence-electron chi connectivity index (χ3n) is 3.58. The highest BCUT2D eigenvalue weighted by molar-refractivity contribution is 6.50. The van der Waals surface area contributed by atoms with Gasteiger partial charge in [-0.05, 0) is 18.2 Å². The van der Waals surface area contributed by atoms with E-state index in [9.17, 15) is 0 Å². The Bertz CT molecular complexity index is 1010. The quantitative estimate of drug-likeness (QED) is 0.538. The second-order valence-corrected chi connectivity index (χ2v) is 5.74. The van der Waals surface area contributed by atoms with Crippen LogP contribution in [-0.4, -0.2) is 19.9 Å². The lowest BCUT2D eigenvalue weighted by Gasteiger charge is -1.98. The lowest BCUT2D eigenvalue weighted by molar-refractivity contribution is 0.410. The van der Waals surface area contributed by atoms with Crippen molar-refractivity contribution in [2.24, 2.45) is 0 Å². The summed E-state index contributed by atoms with van der Waals surface area (Å²) in [6, 6.07) is 19.4. The van der Waals surface area contributed by atoms with Crippen LogP contribution in [-0.2, 0) is 0 Å². The van der Waals surface area contributed by atoms with Gasteiger partial charge in [-0.15, -0.1) is 0 Å². The molecule has 2 aromatic heterocycles. The number of halogens is 1. The van der Waals surface area contributed by atoms with Crippen LogP contribution in [0.25, 0.3) is 28.2 Å². The van der Waals surface area contributed by atoms with E-state index in [4.69, 9.17) is 16.1 Å². The van der Waals surface area contributed by atoms with Crippen LogP contribution in [0, 0.1) is 0 Å². The fraction of sp³-hybridized carbons (Fsp3) is 0. The normalized spacial score (nSPS) is 11.6. The fourth-order valence-corrected chi connectivity index (χ4v) is 2.57. The second kappa shape index (κ2) is 6.75. The largest absolute Gasteiger partial charge is 0.333 e. The predicted octanol–water partition coefficient (Wildman–Crippen LogP) is 4.66. The zero-order valence-corrected chi connectivity index (χ0v) is 13.8. The number of aromatic nitrogens is 4. The highest BCUT2D eigenvalue weighted by Gasteiger charge is 2.11. The summed E-state index contributed by atoms with van der Waals surface area (Å²) in [5.41, 5.74) is 2.69. The van der Waals surface area contributed by atoms with Gasteiger partial charge in [0.25, 0.3) is 5.89 Å². The summed E-state index contributed by atoms with van der Waals surface area (Å²) < 4.78 is 7.03. The van der Waals surface area contributed by atoms with Gasteiger partial charge in [0.2, 0.25) is 5.82 Å². The third kappa shape index (κ3) is 3.36. The molecule has 0 bridgehead atoms. The van der Waals surface area contributed by atoms with Crippen LogP contribution < -0.4 is 0 Å². The number of para-hydroxylation sites is 1. The maximum atomic E-state index is 6.32. The van der Waals surface area contributed by atoms with E-state index in [1.807, 2.05) is 66.9 Å². The van der Waals surface area contributed by atoms with E-state index in [0.717, 1.165) is 16.8 Å². The zero-order valence-electron chi connectivity index (χ0n) is 13.1. The van der Waals surface area contributed by atoms with Gasteiger partial charge in [-0.1, -0.05) is 65.3 Å². The van der Waals surface area contributed by atoms with Crippen molar-refractivity contribution >= 4 is 22.7 Å². The first kappa shape index (κ1) is 15.4. The topological polar surface area (TPSA) is 56.7 Å². The second-order valence-electron chi connectivity index (χ2n) is 5.34. The van der Waals surface area contributed by atoms with Crippen molar-refractivity contribution < 1.29 is 4.52 Å². The number of hydrogen-bond donors (Lipinski definition) is 0. The van der Waals surface area contributed by atoms with Gasteiger partial charge in [0.1, 0.15) is 5.03 Å². The molecule has 122 valence electrons. The Labute approximate surface area is 149 Å². The summed E-state index contributed by atoms with van der Waals surface area (Å²) in [5.74, 6) is 0.773. The van der Waals surface area contributed by atoms with E-state index < -0.39 is 0 Å². The third-order valence-corrected chi connectivity index (χ3v) is 3.85. The molecule has 4 rings (SSSR count). The molecular weight excluding hydrogens is 336 g/mol. The average molecular weight is 349 g/mol. The predicted molar refractivity (Wildman–Crippen MR) is 97.0 cm³/mol. The number of nitrogens with zero attached hydrogens (tertiary/aromatic N) is 4. The summed E-state index contributed by atoms with van der Waals surface area (Å²) in [5, 5.41) is 8.67. The monoisotopic (exact) mass is 348 g/mol. The molecule has 0 saturated carbocycles. The van der Waals surface area contributed by atoms with Crippen LogP contribution in [0.15, 0.2) is 77.6 Å². The first-order valence-corrected chi connectivity index (χ1v) is 8.04. The minimum absolute atomic E-state index is 0.271. The Morgan fingerprint density at radius 2 is 1.72 bits per heavy atom. The molecule has 0 unspecified atom stereocenters. The summed E-state index contributed by atoms with van der Waals surface area (Å²) in [7, 11) is 0. The highest BCUT2D eigenvalue weighted by atomic mass is 35.5. The average Bonchev–Trinajstić information content (AvgIpc) is 3.33. The van der Waals surface area contributed by atoms with E-state index in [-0.39, 0.29) is 5.89 Å². The maximum absolute atomic E-state index is 6.32. The molecule has 0 radical (unpaired) electrons. The molecule has 0 spiro atoms. The van der Waals surface area contributed by atoms with Crippen LogP contribution in [0.1, 0.15) is 11.5 Å². The van der Waals surface area contributed by atoms with E-state index >= 15 is 0 Å². The molecule has 2 aromatic carbocycles. The number of rotatable bonds is 4. The molecular formula is C19H13ClN4O. The molecule has 4 aromatic rings. The summed E-state index contributed by atoms with van der Waals surface area (Å²) in [4.78, 5) is 4.34. The lowest BCUT2D eigenvalue weighted by atomic mass is 10.2.